The van der Waals surface area contributed by atoms with Gasteiger partial charge in [-0.25, -0.2) is 9.59 Å². The number of hydrogen-bond donors (Lipinski definition) is 1. The van der Waals surface area contributed by atoms with Crippen molar-refractivity contribution >= 4 is 17.7 Å². The van der Waals surface area contributed by atoms with Crippen molar-refractivity contribution in [3.63, 3.8) is 0 Å². The highest BCUT2D eigenvalue weighted by molar-refractivity contribution is 6.05. The smallest absolute Gasteiger partial charge is 0.339 e. The van der Waals surface area contributed by atoms with Gasteiger partial charge >= 0.3 is 11.9 Å². The second-order valence-electron chi connectivity index (χ2n) is 10.8. The van der Waals surface area contributed by atoms with Crippen LogP contribution in [0.4, 0.5) is 0 Å². The largest absolute Gasteiger partial charge is 0.508 e. The number of phenols is 1. The van der Waals surface area contributed by atoms with Crippen LogP contribution in [0.3, 0.4) is 0 Å². The third kappa shape index (κ3) is 2.95. The number of allylic oxidation sites excluding steroid dienone is 2. The normalized spacial score (nSPS) is 34.4. The molecule has 0 bridgehead atoms. The van der Waals surface area contributed by atoms with Gasteiger partial charge in [-0.1, -0.05) is 19.4 Å². The van der Waals surface area contributed by atoms with Gasteiger partial charge in [-0.2, -0.15) is 0 Å². The van der Waals surface area contributed by atoms with E-state index < -0.39 is 11.9 Å². The Balaban J connectivity index is 1.62. The monoisotopic (exact) mass is 452 g/mol. The molecule has 1 aromatic carbocycles. The Morgan fingerprint density at radius 3 is 2.42 bits per heavy atom. The fraction of sp³-hybridized carbons (Fsp3) is 0.593. The molecular weight excluding hydrogens is 420 g/mol. The Labute approximate surface area is 194 Å². The highest BCUT2D eigenvalue weighted by Crippen LogP contribution is 2.65. The number of rotatable bonds is 2. The lowest BCUT2D eigenvalue weighted by Crippen LogP contribution is -2.51. The number of methoxy groups -OCH3 is 2. The van der Waals surface area contributed by atoms with E-state index in [0.29, 0.717) is 24.7 Å². The first-order valence-corrected chi connectivity index (χ1v) is 12.0. The van der Waals surface area contributed by atoms with Crippen LogP contribution in [0.25, 0.3) is 0 Å². The lowest BCUT2D eigenvalue weighted by Gasteiger charge is -2.57. The average molecular weight is 453 g/mol. The molecule has 6 heteroatoms. The number of hydrogen-bond acceptors (Lipinski definition) is 6. The Kier molecular flexibility index (Phi) is 5.00. The van der Waals surface area contributed by atoms with Crippen molar-refractivity contribution in [2.24, 2.45) is 23.2 Å². The first-order chi connectivity index (χ1) is 15.7. The minimum Gasteiger partial charge on any atom is -0.508 e. The molecule has 0 aliphatic heterocycles. The van der Waals surface area contributed by atoms with E-state index >= 15 is 0 Å². The number of carbonyl (C=O) groups excluding carboxylic acids is 3. The molecule has 33 heavy (non-hydrogen) atoms. The van der Waals surface area contributed by atoms with Crippen LogP contribution in [-0.4, -0.2) is 37.0 Å². The summed E-state index contributed by atoms with van der Waals surface area (Å²) in [4.78, 5) is 37.4. The topological polar surface area (TPSA) is 89.9 Å². The minimum atomic E-state index is -0.654. The first kappa shape index (κ1) is 22.2. The van der Waals surface area contributed by atoms with Crippen LogP contribution in [0.5, 0.6) is 5.75 Å². The second kappa shape index (κ2) is 7.44. The van der Waals surface area contributed by atoms with E-state index in [1.54, 1.807) is 0 Å². The number of ether oxygens (including phenoxy) is 2. The summed E-state index contributed by atoms with van der Waals surface area (Å²) in [6.45, 7) is 4.54. The van der Waals surface area contributed by atoms with Crippen molar-refractivity contribution in [2.45, 2.75) is 64.2 Å². The van der Waals surface area contributed by atoms with Crippen LogP contribution in [0.15, 0.2) is 17.7 Å². The molecule has 4 aliphatic rings. The van der Waals surface area contributed by atoms with Crippen LogP contribution >= 0.6 is 0 Å². The predicted molar refractivity (Wildman–Crippen MR) is 121 cm³/mol. The molecular formula is C27H32O6. The summed E-state index contributed by atoms with van der Waals surface area (Å²) in [5.41, 5.74) is 2.90. The van der Waals surface area contributed by atoms with Gasteiger partial charge in [0, 0.05) is 12.0 Å². The van der Waals surface area contributed by atoms with Crippen molar-refractivity contribution in [3.8, 4) is 5.75 Å². The molecule has 2 fully saturated rings. The van der Waals surface area contributed by atoms with E-state index in [1.807, 2.05) is 6.08 Å². The molecule has 0 radical (unpaired) electrons. The van der Waals surface area contributed by atoms with E-state index in [9.17, 15) is 19.5 Å². The fourth-order valence-corrected chi connectivity index (χ4v) is 7.96. The zero-order chi connectivity index (χ0) is 23.7. The van der Waals surface area contributed by atoms with E-state index in [-0.39, 0.29) is 39.4 Å². The van der Waals surface area contributed by atoms with Crippen molar-refractivity contribution in [3.05, 3.63) is 40.0 Å². The van der Waals surface area contributed by atoms with E-state index in [2.05, 4.69) is 13.8 Å². The van der Waals surface area contributed by atoms with Gasteiger partial charge in [-0.3, -0.25) is 4.79 Å². The second-order valence-corrected chi connectivity index (χ2v) is 10.8. The highest BCUT2D eigenvalue weighted by atomic mass is 16.5. The maximum atomic E-state index is 12.8. The minimum absolute atomic E-state index is 0.0390. The van der Waals surface area contributed by atoms with Gasteiger partial charge in [-0.15, -0.1) is 0 Å². The summed E-state index contributed by atoms with van der Waals surface area (Å²) in [6.07, 6.45) is 7.90. The van der Waals surface area contributed by atoms with Crippen LogP contribution in [0.2, 0.25) is 0 Å². The molecule has 1 aromatic rings. The third-order valence-electron chi connectivity index (χ3n) is 9.55. The Hall–Kier alpha value is -2.63. The van der Waals surface area contributed by atoms with Crippen LogP contribution in [-0.2, 0) is 26.1 Å². The van der Waals surface area contributed by atoms with Crippen molar-refractivity contribution in [1.29, 1.82) is 0 Å². The summed E-state index contributed by atoms with van der Waals surface area (Å²) in [5.74, 6) is 0.240. The molecule has 1 N–H and O–H groups in total. The van der Waals surface area contributed by atoms with Crippen LogP contribution in [0, 0.1) is 23.2 Å². The lowest BCUT2D eigenvalue weighted by atomic mass is 9.47. The number of esters is 2. The maximum absolute atomic E-state index is 12.8. The summed E-state index contributed by atoms with van der Waals surface area (Å²) >= 11 is 0. The number of ketones is 1. The number of aromatic hydroxyl groups is 1. The molecule has 5 rings (SSSR count). The van der Waals surface area contributed by atoms with Gasteiger partial charge in [-0.05, 0) is 84.8 Å². The Morgan fingerprint density at radius 1 is 1.00 bits per heavy atom. The summed E-state index contributed by atoms with van der Waals surface area (Å²) in [7, 11) is 2.57. The number of carbonyl (C=O) groups is 3. The van der Waals surface area contributed by atoms with Gasteiger partial charge in [0.05, 0.1) is 25.3 Å². The van der Waals surface area contributed by atoms with Crippen LogP contribution in [0.1, 0.15) is 84.2 Å². The van der Waals surface area contributed by atoms with Gasteiger partial charge in [0.1, 0.15) is 5.75 Å². The molecule has 0 saturated heterocycles. The van der Waals surface area contributed by atoms with E-state index in [0.717, 1.165) is 43.2 Å². The molecule has 176 valence electrons. The van der Waals surface area contributed by atoms with Crippen LogP contribution < -0.4 is 0 Å². The fourth-order valence-electron chi connectivity index (χ4n) is 7.96. The van der Waals surface area contributed by atoms with E-state index in [4.69, 9.17) is 9.47 Å². The molecule has 4 aliphatic carbocycles. The summed E-state index contributed by atoms with van der Waals surface area (Å²) in [5, 5.41) is 11.1. The van der Waals surface area contributed by atoms with Gasteiger partial charge in [0.25, 0.3) is 0 Å². The third-order valence-corrected chi connectivity index (χ3v) is 9.55. The molecule has 0 aromatic heterocycles. The number of phenolic OH excluding ortho intramolecular Hbond substituents is 1. The molecule has 0 unspecified atom stereocenters. The van der Waals surface area contributed by atoms with Crippen molar-refractivity contribution in [2.75, 3.05) is 14.2 Å². The SMILES string of the molecule is COC(=O)c1cc(O)c2c(c1C(=O)OC)C[C@H]1[C@H]3CCC4=CC(=O)CC[C@@]4(C)[C@@H]3CC[C@]21C. The lowest BCUT2D eigenvalue weighted by molar-refractivity contribution is -0.117. The van der Waals surface area contributed by atoms with Gasteiger partial charge in [0.15, 0.2) is 5.78 Å². The Morgan fingerprint density at radius 2 is 1.73 bits per heavy atom. The zero-order valence-electron chi connectivity index (χ0n) is 19.8. The molecule has 2 saturated carbocycles. The predicted octanol–water partition coefficient (Wildman–Crippen LogP) is 4.51. The summed E-state index contributed by atoms with van der Waals surface area (Å²) in [6, 6.07) is 1.38. The van der Waals surface area contributed by atoms with E-state index in [1.165, 1.54) is 25.9 Å². The number of fused-ring (bicyclic) bond motifs is 7. The Bertz CT molecular complexity index is 1100. The average Bonchev–Trinajstić information content (AvgIpc) is 3.12. The molecule has 0 heterocycles. The quantitative estimate of drug-likeness (QED) is 0.664. The number of benzene rings is 1. The first-order valence-electron chi connectivity index (χ1n) is 12.0. The van der Waals surface area contributed by atoms with Crippen molar-refractivity contribution < 1.29 is 29.0 Å². The zero-order valence-corrected chi connectivity index (χ0v) is 19.8. The highest BCUT2D eigenvalue weighted by Gasteiger charge is 2.59. The van der Waals surface area contributed by atoms with Gasteiger partial charge in [0.2, 0.25) is 0 Å². The molecule has 0 amide bonds. The maximum Gasteiger partial charge on any atom is 0.339 e. The molecule has 0 spiro atoms. The van der Waals surface area contributed by atoms with Gasteiger partial charge < -0.3 is 14.6 Å². The molecule has 6 nitrogen and oxygen atoms in total. The van der Waals surface area contributed by atoms with Crippen molar-refractivity contribution in [1.82, 2.24) is 0 Å². The summed E-state index contributed by atoms with van der Waals surface area (Å²) < 4.78 is 9.96. The standard InChI is InChI=1S/C27H32O6/c1-26-9-7-15(28)11-14(26)5-6-16-19(26)8-10-27(2)20(16)12-17-22(25(31)33-4)18(24(30)32-3)13-21(29)23(17)27/h11,13,16,19-20,29H,5-10,12H2,1-4H3/t16-,19+,20-,26+,27-/m0/s1. The molecule has 5 atom stereocenters.